The minimum absolute atomic E-state index is 0.253. The molecule has 6 heteroatoms. The second-order valence-electron chi connectivity index (χ2n) is 5.68. The fraction of sp³-hybridized carbons (Fsp3) is 0.200. The molecule has 0 radical (unpaired) electrons. The number of nitrogens with zero attached hydrogens (tertiary/aromatic N) is 1. The summed E-state index contributed by atoms with van der Waals surface area (Å²) in [4.78, 5) is 26.6. The zero-order valence-electron chi connectivity index (χ0n) is 14.3. The molecule has 1 saturated heterocycles. The topological polar surface area (TPSA) is 46.6 Å². The maximum Gasteiger partial charge on any atom is 0.293 e. The molecule has 3 rings (SSSR count). The van der Waals surface area contributed by atoms with Gasteiger partial charge in [0.05, 0.1) is 11.5 Å². The van der Waals surface area contributed by atoms with E-state index in [9.17, 15) is 9.59 Å². The summed E-state index contributed by atoms with van der Waals surface area (Å²) >= 11 is 7.00. The molecule has 1 aliphatic heterocycles. The number of imide groups is 1. The number of rotatable bonds is 6. The Hall–Kier alpha value is -2.24. The van der Waals surface area contributed by atoms with Crippen molar-refractivity contribution in [3.63, 3.8) is 0 Å². The Morgan fingerprint density at radius 3 is 2.65 bits per heavy atom. The molecule has 0 spiro atoms. The molecule has 1 fully saturated rings. The lowest BCUT2D eigenvalue weighted by Crippen LogP contribution is -2.30. The van der Waals surface area contributed by atoms with E-state index in [1.165, 1.54) is 4.90 Å². The Morgan fingerprint density at radius 2 is 1.92 bits per heavy atom. The van der Waals surface area contributed by atoms with Crippen molar-refractivity contribution in [2.45, 2.75) is 13.3 Å². The van der Waals surface area contributed by atoms with Gasteiger partial charge >= 0.3 is 0 Å². The van der Waals surface area contributed by atoms with Crippen LogP contribution in [0.2, 0.25) is 5.02 Å². The first-order chi connectivity index (χ1) is 12.6. The highest BCUT2D eigenvalue weighted by molar-refractivity contribution is 8.18. The van der Waals surface area contributed by atoms with E-state index in [0.717, 1.165) is 17.3 Å². The molecule has 4 nitrogen and oxygen atoms in total. The SMILES string of the molecule is CCOc1ccc(Cl)cc1/C=C1/SC(=O)N(CCc2ccccc2)C1=O. The van der Waals surface area contributed by atoms with Crippen LogP contribution in [0, 0.1) is 0 Å². The van der Waals surface area contributed by atoms with Crippen LogP contribution in [0.4, 0.5) is 4.79 Å². The number of thioether (sulfide) groups is 1. The largest absolute Gasteiger partial charge is 0.493 e. The number of ether oxygens (including phenoxy) is 1. The fourth-order valence-electron chi connectivity index (χ4n) is 2.64. The Morgan fingerprint density at radius 1 is 1.15 bits per heavy atom. The first-order valence-corrected chi connectivity index (χ1v) is 9.49. The molecule has 1 aliphatic rings. The van der Waals surface area contributed by atoms with Crippen molar-refractivity contribution in [3.05, 3.63) is 69.6 Å². The third-order valence-electron chi connectivity index (χ3n) is 3.90. The molecule has 1 heterocycles. The van der Waals surface area contributed by atoms with Gasteiger partial charge in [-0.15, -0.1) is 0 Å². The summed E-state index contributed by atoms with van der Waals surface area (Å²) in [5, 5.41) is 0.292. The monoisotopic (exact) mass is 387 g/mol. The van der Waals surface area contributed by atoms with E-state index in [-0.39, 0.29) is 11.1 Å². The second kappa shape index (κ2) is 8.43. The molecule has 0 bridgehead atoms. The van der Waals surface area contributed by atoms with Gasteiger partial charge in [0.1, 0.15) is 5.75 Å². The molecule has 0 aromatic heterocycles. The number of hydrogen-bond donors (Lipinski definition) is 0. The predicted octanol–water partition coefficient (Wildman–Crippen LogP) is 5.02. The molecule has 2 aromatic rings. The van der Waals surface area contributed by atoms with Crippen LogP contribution in [0.3, 0.4) is 0 Å². The highest BCUT2D eigenvalue weighted by Gasteiger charge is 2.34. The predicted molar refractivity (Wildman–Crippen MR) is 105 cm³/mol. The van der Waals surface area contributed by atoms with E-state index in [1.54, 1.807) is 24.3 Å². The highest BCUT2D eigenvalue weighted by atomic mass is 35.5. The molecular formula is C20H18ClNO3S. The minimum atomic E-state index is -0.279. The van der Waals surface area contributed by atoms with Gasteiger partial charge in [0.15, 0.2) is 0 Å². The first kappa shape index (κ1) is 18.5. The van der Waals surface area contributed by atoms with Gasteiger partial charge < -0.3 is 4.74 Å². The van der Waals surface area contributed by atoms with E-state index >= 15 is 0 Å². The van der Waals surface area contributed by atoms with Gasteiger partial charge in [-0.05, 0) is 54.9 Å². The summed E-state index contributed by atoms with van der Waals surface area (Å²) in [6, 6.07) is 15.0. The van der Waals surface area contributed by atoms with Crippen molar-refractivity contribution in [1.82, 2.24) is 4.90 Å². The third-order valence-corrected chi connectivity index (χ3v) is 5.04. The van der Waals surface area contributed by atoms with Crippen molar-refractivity contribution >= 4 is 40.6 Å². The van der Waals surface area contributed by atoms with Crippen LogP contribution in [0.25, 0.3) is 6.08 Å². The van der Waals surface area contributed by atoms with E-state index < -0.39 is 0 Å². The highest BCUT2D eigenvalue weighted by Crippen LogP contribution is 2.34. The quantitative estimate of drug-likeness (QED) is 0.653. The zero-order chi connectivity index (χ0) is 18.5. The van der Waals surface area contributed by atoms with E-state index in [1.807, 2.05) is 37.3 Å². The fourth-order valence-corrected chi connectivity index (χ4v) is 3.68. The maximum absolute atomic E-state index is 12.6. The summed E-state index contributed by atoms with van der Waals surface area (Å²) in [5.74, 6) is 0.353. The molecule has 0 N–H and O–H groups in total. The average molecular weight is 388 g/mol. The lowest BCUT2D eigenvalue weighted by Gasteiger charge is -2.12. The molecular weight excluding hydrogens is 370 g/mol. The molecule has 2 aromatic carbocycles. The maximum atomic E-state index is 12.6. The molecule has 0 aliphatic carbocycles. The van der Waals surface area contributed by atoms with E-state index in [0.29, 0.717) is 40.8 Å². The minimum Gasteiger partial charge on any atom is -0.493 e. The number of hydrogen-bond acceptors (Lipinski definition) is 4. The van der Waals surface area contributed by atoms with Crippen LogP contribution in [0.1, 0.15) is 18.1 Å². The van der Waals surface area contributed by atoms with E-state index in [2.05, 4.69) is 0 Å². The summed E-state index contributed by atoms with van der Waals surface area (Å²) in [7, 11) is 0. The molecule has 0 unspecified atom stereocenters. The van der Waals surface area contributed by atoms with Crippen LogP contribution >= 0.6 is 23.4 Å². The molecule has 26 heavy (non-hydrogen) atoms. The van der Waals surface area contributed by atoms with Gasteiger partial charge in [-0.2, -0.15) is 0 Å². The van der Waals surface area contributed by atoms with Gasteiger partial charge in [0.2, 0.25) is 0 Å². The number of carbonyl (C=O) groups is 2. The summed E-state index contributed by atoms with van der Waals surface area (Å²) in [5.41, 5.74) is 1.77. The van der Waals surface area contributed by atoms with Crippen LogP contribution in [0.5, 0.6) is 5.75 Å². The van der Waals surface area contributed by atoms with Gasteiger partial charge in [-0.25, -0.2) is 0 Å². The third kappa shape index (κ3) is 4.29. The lowest BCUT2D eigenvalue weighted by molar-refractivity contribution is -0.122. The van der Waals surface area contributed by atoms with Crippen molar-refractivity contribution in [2.24, 2.45) is 0 Å². The van der Waals surface area contributed by atoms with Crippen LogP contribution in [-0.4, -0.2) is 29.2 Å². The van der Waals surface area contributed by atoms with Crippen molar-refractivity contribution in [3.8, 4) is 5.75 Å². The number of halogens is 1. The van der Waals surface area contributed by atoms with Crippen molar-refractivity contribution < 1.29 is 14.3 Å². The summed E-state index contributed by atoms with van der Waals surface area (Å²) in [6.45, 7) is 2.75. The molecule has 0 atom stereocenters. The number of carbonyl (C=O) groups excluding carboxylic acids is 2. The Labute approximate surface area is 161 Å². The Bertz CT molecular complexity index is 851. The average Bonchev–Trinajstić information content (AvgIpc) is 2.90. The molecule has 134 valence electrons. The zero-order valence-corrected chi connectivity index (χ0v) is 15.8. The van der Waals surface area contributed by atoms with Crippen LogP contribution in [-0.2, 0) is 11.2 Å². The van der Waals surface area contributed by atoms with Gasteiger partial charge in [0, 0.05) is 17.1 Å². The van der Waals surface area contributed by atoms with Gasteiger partial charge in [-0.1, -0.05) is 41.9 Å². The second-order valence-corrected chi connectivity index (χ2v) is 7.11. The van der Waals surface area contributed by atoms with Crippen molar-refractivity contribution in [2.75, 3.05) is 13.2 Å². The number of benzene rings is 2. The number of amides is 2. The lowest BCUT2D eigenvalue weighted by atomic mass is 10.1. The van der Waals surface area contributed by atoms with Crippen LogP contribution < -0.4 is 4.74 Å². The summed E-state index contributed by atoms with van der Waals surface area (Å²) < 4.78 is 5.57. The molecule has 2 amide bonds. The van der Waals surface area contributed by atoms with Gasteiger partial charge in [-0.3, -0.25) is 14.5 Å². The normalized spacial score (nSPS) is 15.8. The first-order valence-electron chi connectivity index (χ1n) is 8.30. The Balaban J connectivity index is 1.78. The molecule has 0 saturated carbocycles. The summed E-state index contributed by atoms with van der Waals surface area (Å²) in [6.07, 6.45) is 2.30. The Kier molecular flexibility index (Phi) is 6.01. The van der Waals surface area contributed by atoms with Gasteiger partial charge in [0.25, 0.3) is 11.1 Å². The standard InChI is InChI=1S/C20H18ClNO3S/c1-2-25-17-9-8-16(21)12-15(17)13-18-19(23)22(20(24)26-18)11-10-14-6-4-3-5-7-14/h3-9,12-13H,2,10-11H2,1H3/b18-13+. The van der Waals surface area contributed by atoms with E-state index in [4.69, 9.17) is 16.3 Å². The van der Waals surface area contributed by atoms with Crippen LogP contribution in [0.15, 0.2) is 53.4 Å². The smallest absolute Gasteiger partial charge is 0.293 e. The van der Waals surface area contributed by atoms with Crippen molar-refractivity contribution in [1.29, 1.82) is 0 Å².